The van der Waals surface area contributed by atoms with Crippen molar-refractivity contribution in [2.24, 2.45) is 0 Å². The smallest absolute Gasteiger partial charge is 0.150 e. The molecule has 21 heavy (non-hydrogen) atoms. The summed E-state index contributed by atoms with van der Waals surface area (Å²) in [6.45, 7) is 4.47. The van der Waals surface area contributed by atoms with E-state index in [1.54, 1.807) is 13.0 Å². The topological polar surface area (TPSA) is 46.2 Å². The molecule has 0 amide bonds. The predicted molar refractivity (Wildman–Crippen MR) is 88.7 cm³/mol. The molecular weight excluding hydrogens is 357 g/mol. The van der Waals surface area contributed by atoms with Crippen LogP contribution in [0.2, 0.25) is 0 Å². The van der Waals surface area contributed by atoms with Crippen LogP contribution in [0.3, 0.4) is 0 Å². The van der Waals surface area contributed by atoms with E-state index in [0.717, 1.165) is 13.0 Å². The van der Waals surface area contributed by atoms with Gasteiger partial charge in [-0.1, -0.05) is 35.8 Å². The molecule has 0 aliphatic heterocycles. The minimum absolute atomic E-state index is 0.148. The molecule has 6 heteroatoms. The van der Waals surface area contributed by atoms with Crippen LogP contribution in [0, 0.1) is 5.82 Å². The first-order valence-corrected chi connectivity index (χ1v) is 9.89. The number of hydrogen-bond donors (Lipinski definition) is 1. The van der Waals surface area contributed by atoms with Gasteiger partial charge >= 0.3 is 0 Å². The molecule has 0 fully saturated rings. The molecule has 1 unspecified atom stereocenters. The van der Waals surface area contributed by atoms with Gasteiger partial charge in [-0.05, 0) is 37.9 Å². The monoisotopic (exact) mass is 379 g/mol. The fourth-order valence-electron chi connectivity index (χ4n) is 2.12. The van der Waals surface area contributed by atoms with Gasteiger partial charge in [0, 0.05) is 21.8 Å². The number of rotatable bonds is 9. The molecule has 0 aromatic heterocycles. The highest BCUT2D eigenvalue weighted by Gasteiger charge is 2.16. The summed E-state index contributed by atoms with van der Waals surface area (Å²) in [6.07, 6.45) is 2.09. The molecule has 1 aromatic carbocycles. The normalized spacial score (nSPS) is 13.3. The molecule has 0 radical (unpaired) electrons. The van der Waals surface area contributed by atoms with Gasteiger partial charge in [0.25, 0.3) is 0 Å². The molecule has 0 saturated carbocycles. The number of sulfone groups is 1. The molecule has 0 saturated heterocycles. The van der Waals surface area contributed by atoms with E-state index in [1.165, 1.54) is 6.07 Å². The van der Waals surface area contributed by atoms with Gasteiger partial charge in [-0.3, -0.25) is 0 Å². The van der Waals surface area contributed by atoms with Crippen molar-refractivity contribution in [3.63, 3.8) is 0 Å². The van der Waals surface area contributed by atoms with Gasteiger partial charge in [-0.2, -0.15) is 0 Å². The Morgan fingerprint density at radius 3 is 2.62 bits per heavy atom. The first-order chi connectivity index (χ1) is 9.89. The molecule has 0 spiro atoms. The summed E-state index contributed by atoms with van der Waals surface area (Å²) < 4.78 is 37.9. The van der Waals surface area contributed by atoms with E-state index in [2.05, 4.69) is 21.2 Å². The van der Waals surface area contributed by atoms with Crippen molar-refractivity contribution in [3.8, 4) is 0 Å². The van der Waals surface area contributed by atoms with Gasteiger partial charge in [0.05, 0.1) is 5.75 Å². The maximum absolute atomic E-state index is 14.1. The van der Waals surface area contributed by atoms with Crippen molar-refractivity contribution < 1.29 is 12.8 Å². The summed E-state index contributed by atoms with van der Waals surface area (Å²) in [4.78, 5) is 0. The Hall–Kier alpha value is -0.460. The van der Waals surface area contributed by atoms with Crippen LogP contribution < -0.4 is 5.32 Å². The third-order valence-corrected chi connectivity index (χ3v) is 5.65. The number of nitrogens with one attached hydrogen (secondary N) is 1. The summed E-state index contributed by atoms with van der Waals surface area (Å²) in [5.74, 6) is 0.0508. The molecule has 0 bridgehead atoms. The molecule has 0 aliphatic carbocycles. The second-order valence-corrected chi connectivity index (χ2v) is 8.44. The average molecular weight is 380 g/mol. The van der Waals surface area contributed by atoms with Crippen molar-refractivity contribution in [1.29, 1.82) is 0 Å². The Labute approximate surface area is 135 Å². The molecule has 0 heterocycles. The highest BCUT2D eigenvalue weighted by Crippen LogP contribution is 2.24. The summed E-state index contributed by atoms with van der Waals surface area (Å²) >= 11 is 3.25. The first-order valence-electron chi connectivity index (χ1n) is 7.28. The van der Waals surface area contributed by atoms with Crippen LogP contribution in [0.4, 0.5) is 4.39 Å². The zero-order valence-corrected chi connectivity index (χ0v) is 14.9. The third kappa shape index (κ3) is 6.45. The van der Waals surface area contributed by atoms with Gasteiger partial charge in [-0.25, -0.2) is 12.8 Å². The van der Waals surface area contributed by atoms with Crippen molar-refractivity contribution in [2.45, 2.75) is 39.2 Å². The van der Waals surface area contributed by atoms with Crippen LogP contribution in [0.5, 0.6) is 0 Å². The van der Waals surface area contributed by atoms with Gasteiger partial charge in [0.15, 0.2) is 0 Å². The largest absolute Gasteiger partial charge is 0.310 e. The Bertz CT molecular complexity index is 549. The predicted octanol–water partition coefficient (Wildman–Crippen LogP) is 3.84. The van der Waals surface area contributed by atoms with Crippen molar-refractivity contribution in [2.75, 3.05) is 18.1 Å². The molecule has 1 rings (SSSR count). The van der Waals surface area contributed by atoms with E-state index in [0.29, 0.717) is 22.9 Å². The van der Waals surface area contributed by atoms with E-state index < -0.39 is 9.84 Å². The lowest BCUT2D eigenvalue weighted by Crippen LogP contribution is -2.24. The summed E-state index contributed by atoms with van der Waals surface area (Å²) in [5, 5.41) is 3.30. The lowest BCUT2D eigenvalue weighted by molar-refractivity contribution is 0.468. The minimum Gasteiger partial charge on any atom is -0.310 e. The maximum Gasteiger partial charge on any atom is 0.150 e. The zero-order valence-electron chi connectivity index (χ0n) is 12.5. The minimum atomic E-state index is -2.96. The van der Waals surface area contributed by atoms with Crippen LogP contribution in [0.25, 0.3) is 0 Å². The quantitative estimate of drug-likeness (QED) is 0.708. The SMILES string of the molecule is CCCNC(CCCS(=O)(=O)CC)c1ccc(Br)cc1F. The maximum atomic E-state index is 14.1. The number of hydrogen-bond acceptors (Lipinski definition) is 3. The molecule has 120 valence electrons. The first kappa shape index (κ1) is 18.6. The van der Waals surface area contributed by atoms with E-state index in [1.807, 2.05) is 13.0 Å². The van der Waals surface area contributed by atoms with Crippen LogP contribution in [-0.2, 0) is 9.84 Å². The third-order valence-electron chi connectivity index (χ3n) is 3.37. The highest BCUT2D eigenvalue weighted by atomic mass is 79.9. The molecule has 1 atom stereocenters. The average Bonchev–Trinajstić information content (AvgIpc) is 2.43. The highest BCUT2D eigenvalue weighted by molar-refractivity contribution is 9.10. The molecule has 1 N–H and O–H groups in total. The second-order valence-electron chi connectivity index (χ2n) is 5.05. The Kier molecular flexibility index (Phi) is 7.84. The second kappa shape index (κ2) is 8.86. The van der Waals surface area contributed by atoms with Crippen molar-refractivity contribution in [3.05, 3.63) is 34.1 Å². The Morgan fingerprint density at radius 2 is 2.05 bits per heavy atom. The summed E-state index contributed by atoms with van der Waals surface area (Å²) in [7, 11) is -2.96. The molecule has 3 nitrogen and oxygen atoms in total. The lowest BCUT2D eigenvalue weighted by Gasteiger charge is -2.19. The number of benzene rings is 1. The molecule has 0 aliphatic rings. The fourth-order valence-corrected chi connectivity index (χ4v) is 3.35. The van der Waals surface area contributed by atoms with Crippen molar-refractivity contribution in [1.82, 2.24) is 5.32 Å². The fraction of sp³-hybridized carbons (Fsp3) is 0.600. The van der Waals surface area contributed by atoms with Crippen LogP contribution in [0.15, 0.2) is 22.7 Å². The van der Waals surface area contributed by atoms with E-state index in [-0.39, 0.29) is 23.4 Å². The van der Waals surface area contributed by atoms with Crippen LogP contribution >= 0.6 is 15.9 Å². The Morgan fingerprint density at radius 1 is 1.33 bits per heavy atom. The molecular formula is C15H23BrFNO2S. The number of halogens is 2. The van der Waals surface area contributed by atoms with Gasteiger partial charge < -0.3 is 5.32 Å². The van der Waals surface area contributed by atoms with Gasteiger partial charge in [-0.15, -0.1) is 0 Å². The van der Waals surface area contributed by atoms with E-state index in [4.69, 9.17) is 0 Å². The summed E-state index contributed by atoms with van der Waals surface area (Å²) in [6, 6.07) is 4.85. The van der Waals surface area contributed by atoms with E-state index in [9.17, 15) is 12.8 Å². The Balaban J connectivity index is 2.76. The summed E-state index contributed by atoms with van der Waals surface area (Å²) in [5.41, 5.74) is 0.598. The van der Waals surface area contributed by atoms with Crippen molar-refractivity contribution >= 4 is 25.8 Å². The van der Waals surface area contributed by atoms with Gasteiger partial charge in [0.2, 0.25) is 0 Å². The van der Waals surface area contributed by atoms with Crippen LogP contribution in [0.1, 0.15) is 44.7 Å². The lowest BCUT2D eigenvalue weighted by atomic mass is 10.0. The molecule has 1 aromatic rings. The van der Waals surface area contributed by atoms with Crippen LogP contribution in [-0.4, -0.2) is 26.5 Å². The zero-order chi connectivity index (χ0) is 15.9. The van der Waals surface area contributed by atoms with E-state index >= 15 is 0 Å². The standard InChI is InChI=1S/C15H23BrFNO2S/c1-3-9-18-15(6-5-10-21(19,20)4-2)13-8-7-12(16)11-14(13)17/h7-8,11,15,18H,3-6,9-10H2,1-2H3. The van der Waals surface area contributed by atoms with Gasteiger partial charge in [0.1, 0.15) is 15.7 Å².